The van der Waals surface area contributed by atoms with Gasteiger partial charge in [-0.25, -0.2) is 5.48 Å². The average molecular weight is 332 g/mol. The minimum absolute atomic E-state index is 0.267. The van der Waals surface area contributed by atoms with E-state index in [1.807, 2.05) is 19.1 Å². The molecule has 1 fully saturated rings. The molecule has 0 spiro atoms. The minimum Gasteiger partial charge on any atom is -0.303 e. The Kier molecular flexibility index (Phi) is 6.13. The fraction of sp³-hybridized carbons (Fsp3) is 0.579. The lowest BCUT2D eigenvalue weighted by atomic mass is 9.63. The standard InChI is InChI=1S/C19H28N2O3/c1-14(2)12-21(3)9-8-19(13-22)7-6-15-10-16(18(23)20-24)4-5-17(15)11-19/h4-5,10,13,15,17,24H,1,6-9,11-12H2,2-3H3,(H,20,23)/t15?,17?,19-/m0/s1. The fourth-order valence-corrected chi connectivity index (χ4v) is 3.88. The van der Waals surface area contributed by atoms with Crippen molar-refractivity contribution >= 4 is 12.2 Å². The summed E-state index contributed by atoms with van der Waals surface area (Å²) in [4.78, 5) is 25.6. The molecule has 0 heterocycles. The number of nitrogens with one attached hydrogen (secondary N) is 1. The summed E-state index contributed by atoms with van der Waals surface area (Å²) in [6.45, 7) is 7.67. The van der Waals surface area contributed by atoms with Gasteiger partial charge in [0.1, 0.15) is 6.29 Å². The molecule has 0 saturated heterocycles. The average Bonchev–Trinajstić information content (AvgIpc) is 2.58. The van der Waals surface area contributed by atoms with Crippen molar-refractivity contribution in [3.63, 3.8) is 0 Å². The minimum atomic E-state index is -0.474. The molecular weight excluding hydrogens is 304 g/mol. The molecule has 2 aliphatic rings. The van der Waals surface area contributed by atoms with Gasteiger partial charge in [0.2, 0.25) is 0 Å². The second-order valence-corrected chi connectivity index (χ2v) is 7.42. The van der Waals surface area contributed by atoms with Crippen LogP contribution in [0.3, 0.4) is 0 Å². The third-order valence-corrected chi connectivity index (χ3v) is 5.23. The van der Waals surface area contributed by atoms with Crippen LogP contribution >= 0.6 is 0 Å². The van der Waals surface area contributed by atoms with E-state index < -0.39 is 5.91 Å². The molecule has 2 unspecified atom stereocenters. The predicted molar refractivity (Wildman–Crippen MR) is 93.4 cm³/mol. The van der Waals surface area contributed by atoms with Crippen LogP contribution in [0.15, 0.2) is 36.0 Å². The summed E-state index contributed by atoms with van der Waals surface area (Å²) < 4.78 is 0. The van der Waals surface area contributed by atoms with Crippen LogP contribution < -0.4 is 5.48 Å². The van der Waals surface area contributed by atoms with Gasteiger partial charge in [-0.15, -0.1) is 0 Å². The summed E-state index contributed by atoms with van der Waals surface area (Å²) in [5, 5.41) is 8.76. The summed E-state index contributed by atoms with van der Waals surface area (Å²) in [6, 6.07) is 0. The number of likely N-dealkylation sites (N-methyl/N-ethyl adjacent to an activating group) is 1. The van der Waals surface area contributed by atoms with Crippen molar-refractivity contribution in [1.29, 1.82) is 0 Å². The molecular formula is C19H28N2O3. The van der Waals surface area contributed by atoms with Crippen LogP contribution in [0.2, 0.25) is 0 Å². The maximum absolute atomic E-state index is 11.8. The van der Waals surface area contributed by atoms with E-state index in [4.69, 9.17) is 5.21 Å². The first kappa shape index (κ1) is 18.6. The molecule has 1 saturated carbocycles. The lowest BCUT2D eigenvalue weighted by Gasteiger charge is -2.41. The first-order valence-electron chi connectivity index (χ1n) is 8.53. The molecule has 1 amide bonds. The van der Waals surface area contributed by atoms with Crippen molar-refractivity contribution in [2.75, 3.05) is 20.1 Å². The van der Waals surface area contributed by atoms with Crippen molar-refractivity contribution in [2.24, 2.45) is 17.3 Å². The van der Waals surface area contributed by atoms with Crippen molar-refractivity contribution in [1.82, 2.24) is 10.4 Å². The number of nitrogens with zero attached hydrogens (tertiary/aromatic N) is 1. The quantitative estimate of drug-likeness (QED) is 0.325. The number of carbonyl (C=O) groups is 2. The van der Waals surface area contributed by atoms with Gasteiger partial charge in [-0.1, -0.05) is 30.4 Å². The molecule has 132 valence electrons. The molecule has 2 aliphatic carbocycles. The molecule has 0 aromatic rings. The highest BCUT2D eigenvalue weighted by Crippen LogP contribution is 2.46. The largest absolute Gasteiger partial charge is 0.303 e. The van der Waals surface area contributed by atoms with Crippen molar-refractivity contribution in [2.45, 2.75) is 32.6 Å². The van der Waals surface area contributed by atoms with Crippen molar-refractivity contribution in [3.05, 3.63) is 36.0 Å². The Morgan fingerprint density at radius 2 is 2.29 bits per heavy atom. The van der Waals surface area contributed by atoms with Crippen molar-refractivity contribution < 1.29 is 14.8 Å². The number of allylic oxidation sites excluding steroid dienone is 2. The Hall–Kier alpha value is -1.72. The predicted octanol–water partition coefficient (Wildman–Crippen LogP) is 2.49. The Labute approximate surface area is 144 Å². The molecule has 2 rings (SSSR count). The van der Waals surface area contributed by atoms with Gasteiger partial charge in [0.15, 0.2) is 0 Å². The van der Waals surface area contributed by atoms with E-state index in [1.165, 1.54) is 0 Å². The molecule has 0 aliphatic heterocycles. The second-order valence-electron chi connectivity index (χ2n) is 7.42. The monoisotopic (exact) mass is 332 g/mol. The Morgan fingerprint density at radius 3 is 2.92 bits per heavy atom. The number of fused-ring (bicyclic) bond motifs is 1. The maximum Gasteiger partial charge on any atom is 0.274 e. The van der Waals surface area contributed by atoms with Crippen LogP contribution in [0, 0.1) is 17.3 Å². The third-order valence-electron chi connectivity index (χ3n) is 5.23. The van der Waals surface area contributed by atoms with E-state index in [1.54, 1.807) is 11.6 Å². The highest BCUT2D eigenvalue weighted by molar-refractivity contribution is 5.95. The topological polar surface area (TPSA) is 69.6 Å². The lowest BCUT2D eigenvalue weighted by molar-refractivity contribution is -0.125. The van der Waals surface area contributed by atoms with Crippen LogP contribution in [0.25, 0.3) is 0 Å². The fourth-order valence-electron chi connectivity index (χ4n) is 3.88. The lowest BCUT2D eigenvalue weighted by Crippen LogP contribution is -2.38. The van der Waals surface area contributed by atoms with Gasteiger partial charge in [0, 0.05) is 17.5 Å². The van der Waals surface area contributed by atoms with Gasteiger partial charge in [0.05, 0.1) is 0 Å². The van der Waals surface area contributed by atoms with Crippen LogP contribution in [0.5, 0.6) is 0 Å². The van der Waals surface area contributed by atoms with Gasteiger partial charge in [-0.05, 0) is 58.0 Å². The smallest absolute Gasteiger partial charge is 0.274 e. The van der Waals surface area contributed by atoms with Gasteiger partial charge < -0.3 is 9.69 Å². The van der Waals surface area contributed by atoms with Crippen LogP contribution in [-0.4, -0.2) is 42.4 Å². The number of aldehydes is 1. The molecule has 5 nitrogen and oxygen atoms in total. The van der Waals surface area contributed by atoms with Crippen LogP contribution in [-0.2, 0) is 9.59 Å². The highest BCUT2D eigenvalue weighted by atomic mass is 16.5. The van der Waals surface area contributed by atoms with Gasteiger partial charge in [-0.3, -0.25) is 10.0 Å². The van der Waals surface area contributed by atoms with E-state index in [9.17, 15) is 9.59 Å². The van der Waals surface area contributed by atoms with E-state index in [0.29, 0.717) is 5.57 Å². The Morgan fingerprint density at radius 1 is 1.54 bits per heavy atom. The zero-order valence-electron chi connectivity index (χ0n) is 14.6. The number of hydrogen-bond donors (Lipinski definition) is 2. The normalized spacial score (nSPS) is 28.9. The zero-order valence-corrected chi connectivity index (χ0v) is 14.6. The van der Waals surface area contributed by atoms with E-state index in [2.05, 4.69) is 18.5 Å². The number of amides is 1. The molecule has 3 atom stereocenters. The third kappa shape index (κ3) is 4.42. The first-order chi connectivity index (χ1) is 11.4. The molecule has 0 aromatic carbocycles. The summed E-state index contributed by atoms with van der Waals surface area (Å²) in [5.41, 5.74) is 3.02. The number of hydroxylamine groups is 1. The summed E-state index contributed by atoms with van der Waals surface area (Å²) in [6.07, 6.45) is 10.2. The molecule has 0 aromatic heterocycles. The molecule has 2 N–H and O–H groups in total. The number of rotatable bonds is 7. The van der Waals surface area contributed by atoms with E-state index in [0.717, 1.165) is 50.6 Å². The molecule has 24 heavy (non-hydrogen) atoms. The zero-order chi connectivity index (χ0) is 17.7. The van der Waals surface area contributed by atoms with E-state index >= 15 is 0 Å². The van der Waals surface area contributed by atoms with Gasteiger partial charge in [-0.2, -0.15) is 0 Å². The van der Waals surface area contributed by atoms with Gasteiger partial charge >= 0.3 is 0 Å². The maximum atomic E-state index is 11.8. The van der Waals surface area contributed by atoms with E-state index in [-0.39, 0.29) is 17.3 Å². The van der Waals surface area contributed by atoms with Crippen molar-refractivity contribution in [3.8, 4) is 0 Å². The van der Waals surface area contributed by atoms with Gasteiger partial charge in [0.25, 0.3) is 5.91 Å². The molecule has 5 heteroatoms. The number of hydrogen-bond acceptors (Lipinski definition) is 4. The Bertz CT molecular complexity index is 567. The molecule has 0 radical (unpaired) electrons. The van der Waals surface area contributed by atoms with Crippen LogP contribution in [0.1, 0.15) is 32.6 Å². The summed E-state index contributed by atoms with van der Waals surface area (Å²) in [5.74, 6) is 0.0764. The first-order valence-corrected chi connectivity index (χ1v) is 8.53. The van der Waals surface area contributed by atoms with Crippen LogP contribution in [0.4, 0.5) is 0 Å². The SMILES string of the molecule is C=C(C)CN(C)CC[C@@]1(C=O)CCC2C=C(C(=O)NO)C=CC2C1. The highest BCUT2D eigenvalue weighted by Gasteiger charge is 2.40. The Balaban J connectivity index is 1.99. The molecule has 0 bridgehead atoms. The summed E-state index contributed by atoms with van der Waals surface area (Å²) in [7, 11) is 2.06. The summed E-state index contributed by atoms with van der Waals surface area (Å²) >= 11 is 0. The second kappa shape index (κ2) is 7.90. The number of carbonyl (C=O) groups excluding carboxylic acids is 2.